The first-order valence-electron chi connectivity index (χ1n) is 7.02. The summed E-state index contributed by atoms with van der Waals surface area (Å²) in [6.07, 6.45) is 0. The molecule has 6 nitrogen and oxygen atoms in total. The van der Waals surface area contributed by atoms with Gasteiger partial charge in [-0.25, -0.2) is 18.1 Å². The molecular weight excluding hydrogens is 400 g/mol. The number of benzene rings is 2. The lowest BCUT2D eigenvalue weighted by Gasteiger charge is -2.09. The number of rotatable bonds is 4. The summed E-state index contributed by atoms with van der Waals surface area (Å²) in [6, 6.07) is 10.3. The average Bonchev–Trinajstić information content (AvgIpc) is 2.92. The summed E-state index contributed by atoms with van der Waals surface area (Å²) in [7, 11) is 0. The van der Waals surface area contributed by atoms with Crippen molar-refractivity contribution >= 4 is 27.5 Å². The van der Waals surface area contributed by atoms with E-state index in [1.807, 2.05) is 0 Å². The molecule has 0 spiro atoms. The van der Waals surface area contributed by atoms with E-state index in [1.54, 1.807) is 30.3 Å². The van der Waals surface area contributed by atoms with Gasteiger partial charge in [-0.1, -0.05) is 35.5 Å². The standard InChI is InChI=1S/C16H10BrF2N3O3/c17-11-6-10(18)7-12(19)14(11)20-13(23)8-22-15(21-25-16(22)24)9-4-2-1-3-5-9/h1-7H,8H2,(H,20,23). The Bertz CT molecular complexity index is 963. The monoisotopic (exact) mass is 409 g/mol. The molecule has 0 saturated heterocycles. The van der Waals surface area contributed by atoms with Crippen molar-refractivity contribution in [2.75, 3.05) is 5.32 Å². The van der Waals surface area contributed by atoms with Crippen molar-refractivity contribution < 1.29 is 18.1 Å². The number of halogens is 3. The van der Waals surface area contributed by atoms with Crippen molar-refractivity contribution in [3.8, 4) is 11.4 Å². The molecule has 0 saturated carbocycles. The minimum Gasteiger partial charge on any atom is -0.321 e. The van der Waals surface area contributed by atoms with E-state index in [1.165, 1.54) is 0 Å². The van der Waals surface area contributed by atoms with Gasteiger partial charge in [0.05, 0.1) is 5.69 Å². The quantitative estimate of drug-likeness (QED) is 0.717. The second-order valence-electron chi connectivity index (χ2n) is 5.02. The van der Waals surface area contributed by atoms with Crippen LogP contribution in [0.15, 0.2) is 56.3 Å². The maximum atomic E-state index is 13.8. The molecule has 25 heavy (non-hydrogen) atoms. The van der Waals surface area contributed by atoms with Gasteiger partial charge < -0.3 is 5.32 Å². The second-order valence-corrected chi connectivity index (χ2v) is 5.87. The number of anilines is 1. The summed E-state index contributed by atoms with van der Waals surface area (Å²) < 4.78 is 32.5. The summed E-state index contributed by atoms with van der Waals surface area (Å²) in [5.74, 6) is -3.09. The molecule has 0 unspecified atom stereocenters. The van der Waals surface area contributed by atoms with Gasteiger partial charge in [-0.3, -0.25) is 9.32 Å². The number of amides is 1. The number of hydrogen-bond donors (Lipinski definition) is 1. The highest BCUT2D eigenvalue weighted by Gasteiger charge is 2.18. The Morgan fingerprint density at radius 2 is 1.96 bits per heavy atom. The molecule has 0 radical (unpaired) electrons. The van der Waals surface area contributed by atoms with Crippen molar-refractivity contribution in [2.45, 2.75) is 6.54 Å². The Morgan fingerprint density at radius 1 is 1.24 bits per heavy atom. The van der Waals surface area contributed by atoms with E-state index in [2.05, 4.69) is 30.9 Å². The fourth-order valence-corrected chi connectivity index (χ4v) is 2.69. The number of nitrogens with zero attached hydrogens (tertiary/aromatic N) is 2. The molecule has 1 aromatic heterocycles. The molecule has 2 aromatic carbocycles. The largest absolute Gasteiger partial charge is 0.442 e. The zero-order chi connectivity index (χ0) is 18.0. The number of carbonyl (C=O) groups is 1. The molecule has 3 rings (SSSR count). The van der Waals surface area contributed by atoms with E-state index in [0.29, 0.717) is 11.6 Å². The highest BCUT2D eigenvalue weighted by molar-refractivity contribution is 9.10. The van der Waals surface area contributed by atoms with E-state index in [9.17, 15) is 18.4 Å². The van der Waals surface area contributed by atoms with Crippen LogP contribution in [-0.2, 0) is 11.3 Å². The van der Waals surface area contributed by atoms with Gasteiger partial charge in [0.1, 0.15) is 12.4 Å². The summed E-state index contributed by atoms with van der Waals surface area (Å²) in [5, 5.41) is 5.95. The molecule has 0 aliphatic heterocycles. The summed E-state index contributed by atoms with van der Waals surface area (Å²) in [4.78, 5) is 24.0. The van der Waals surface area contributed by atoms with Crippen molar-refractivity contribution in [3.05, 3.63) is 69.1 Å². The minimum atomic E-state index is -0.943. The lowest BCUT2D eigenvalue weighted by atomic mass is 10.2. The summed E-state index contributed by atoms with van der Waals surface area (Å²) >= 11 is 2.98. The topological polar surface area (TPSA) is 77.1 Å². The number of nitrogens with one attached hydrogen (secondary N) is 1. The Hall–Kier alpha value is -2.81. The lowest BCUT2D eigenvalue weighted by Crippen LogP contribution is -2.26. The first-order valence-corrected chi connectivity index (χ1v) is 7.81. The van der Waals surface area contributed by atoms with Crippen molar-refractivity contribution in [3.63, 3.8) is 0 Å². The van der Waals surface area contributed by atoms with Gasteiger partial charge in [-0.05, 0) is 22.0 Å². The second kappa shape index (κ2) is 6.98. The molecule has 3 aromatic rings. The molecule has 0 atom stereocenters. The fraction of sp³-hybridized carbons (Fsp3) is 0.0625. The summed E-state index contributed by atoms with van der Waals surface area (Å²) in [6.45, 7) is -0.449. The first kappa shape index (κ1) is 17.0. The average molecular weight is 410 g/mol. The predicted octanol–water partition coefficient (Wildman–Crippen LogP) is 3.18. The molecule has 0 fully saturated rings. The van der Waals surface area contributed by atoms with Crippen LogP contribution in [0.4, 0.5) is 14.5 Å². The van der Waals surface area contributed by atoms with Crippen LogP contribution < -0.4 is 11.1 Å². The molecule has 1 amide bonds. The first-order chi connectivity index (χ1) is 12.0. The van der Waals surface area contributed by atoms with Crippen LogP contribution in [0, 0.1) is 11.6 Å². The zero-order valence-electron chi connectivity index (χ0n) is 12.5. The van der Waals surface area contributed by atoms with Crippen molar-refractivity contribution in [1.82, 2.24) is 9.72 Å². The molecule has 1 heterocycles. The van der Waals surface area contributed by atoms with Crippen LogP contribution in [0.1, 0.15) is 0 Å². The van der Waals surface area contributed by atoms with E-state index in [-0.39, 0.29) is 16.0 Å². The van der Waals surface area contributed by atoms with Gasteiger partial charge in [0, 0.05) is 16.1 Å². The van der Waals surface area contributed by atoms with Gasteiger partial charge in [0.2, 0.25) is 5.91 Å². The molecule has 1 N–H and O–H groups in total. The van der Waals surface area contributed by atoms with Gasteiger partial charge in [-0.15, -0.1) is 0 Å². The molecule has 0 aliphatic carbocycles. The molecule has 9 heteroatoms. The minimum absolute atomic E-state index is 0.0410. The van der Waals surface area contributed by atoms with Crippen LogP contribution in [0.3, 0.4) is 0 Å². The van der Waals surface area contributed by atoms with Crippen molar-refractivity contribution in [1.29, 1.82) is 0 Å². The molecule has 0 aliphatic rings. The van der Waals surface area contributed by atoms with Gasteiger partial charge in [0.15, 0.2) is 11.6 Å². The number of hydrogen-bond acceptors (Lipinski definition) is 4. The zero-order valence-corrected chi connectivity index (χ0v) is 14.1. The van der Waals surface area contributed by atoms with Crippen LogP contribution in [0.5, 0.6) is 0 Å². The highest BCUT2D eigenvalue weighted by Crippen LogP contribution is 2.27. The van der Waals surface area contributed by atoms with Crippen molar-refractivity contribution in [2.24, 2.45) is 0 Å². The SMILES string of the molecule is O=C(Cn1c(-c2ccccc2)noc1=O)Nc1c(F)cc(F)cc1Br. The summed E-state index contributed by atoms with van der Waals surface area (Å²) in [5.41, 5.74) is 0.354. The Morgan fingerprint density at radius 3 is 2.64 bits per heavy atom. The third-order valence-electron chi connectivity index (χ3n) is 3.29. The molecular formula is C16H10BrF2N3O3. The fourth-order valence-electron chi connectivity index (χ4n) is 2.19. The maximum Gasteiger partial charge on any atom is 0.442 e. The van der Waals surface area contributed by atoms with Crippen LogP contribution in [0.2, 0.25) is 0 Å². The van der Waals surface area contributed by atoms with Gasteiger partial charge >= 0.3 is 5.76 Å². The van der Waals surface area contributed by atoms with E-state index < -0.39 is 29.8 Å². The van der Waals surface area contributed by atoms with Crippen LogP contribution in [0.25, 0.3) is 11.4 Å². The van der Waals surface area contributed by atoms with E-state index >= 15 is 0 Å². The smallest absolute Gasteiger partial charge is 0.321 e. The predicted molar refractivity (Wildman–Crippen MR) is 88.9 cm³/mol. The van der Waals surface area contributed by atoms with E-state index in [4.69, 9.17) is 0 Å². The number of carbonyl (C=O) groups excluding carboxylic acids is 1. The third kappa shape index (κ3) is 3.66. The van der Waals surface area contributed by atoms with E-state index in [0.717, 1.165) is 10.6 Å². The normalized spacial score (nSPS) is 10.7. The van der Waals surface area contributed by atoms with Crippen LogP contribution >= 0.6 is 15.9 Å². The number of aromatic nitrogens is 2. The maximum absolute atomic E-state index is 13.8. The highest BCUT2D eigenvalue weighted by atomic mass is 79.9. The van der Waals surface area contributed by atoms with Gasteiger partial charge in [0.25, 0.3) is 0 Å². The third-order valence-corrected chi connectivity index (χ3v) is 3.92. The van der Waals surface area contributed by atoms with Crippen LogP contribution in [-0.4, -0.2) is 15.6 Å². The van der Waals surface area contributed by atoms with Gasteiger partial charge in [-0.2, -0.15) is 0 Å². The molecule has 0 bridgehead atoms. The Kier molecular flexibility index (Phi) is 4.75. The lowest BCUT2D eigenvalue weighted by molar-refractivity contribution is -0.116. The molecule has 128 valence electrons. The Balaban J connectivity index is 1.86. The Labute approximate surface area is 148 Å².